The molecule has 1 aromatic rings. The second-order valence-corrected chi connectivity index (χ2v) is 4.48. The Morgan fingerprint density at radius 2 is 1.69 bits per heavy atom. The van der Waals surface area contributed by atoms with Crippen molar-refractivity contribution in [2.75, 3.05) is 0 Å². The topological polar surface area (TPSA) is 17.1 Å². The molecule has 0 radical (unpaired) electrons. The van der Waals surface area contributed by atoms with Gasteiger partial charge in [0.15, 0.2) is 0 Å². The fourth-order valence-corrected chi connectivity index (χ4v) is 2.36. The number of hydrogen-bond donors (Lipinski definition) is 0. The highest BCUT2D eigenvalue weighted by molar-refractivity contribution is 6.54. The first-order valence-electron chi connectivity index (χ1n) is 4.81. The predicted molar refractivity (Wildman–Crippen MR) is 66.1 cm³/mol. The zero-order chi connectivity index (χ0) is 11.3. The maximum absolute atomic E-state index is 11.9. The molecule has 0 unspecified atom stereocenters. The molecule has 78 valence electrons. The van der Waals surface area contributed by atoms with Crippen molar-refractivity contribution >= 4 is 40.6 Å². The molecule has 3 rings (SSSR count). The minimum absolute atomic E-state index is 0.101. The Kier molecular flexibility index (Phi) is 2.06. The van der Waals surface area contributed by atoms with Crippen LogP contribution in [0.4, 0.5) is 0 Å². The van der Waals surface area contributed by atoms with Crippen molar-refractivity contribution in [1.82, 2.24) is 0 Å². The highest BCUT2D eigenvalue weighted by atomic mass is 35.5. The van der Waals surface area contributed by atoms with E-state index in [1.165, 1.54) is 0 Å². The van der Waals surface area contributed by atoms with E-state index in [2.05, 4.69) is 0 Å². The number of Topliss-reactive ketones (excluding diaryl/α,β-unsaturated/α-hetero) is 1. The van der Waals surface area contributed by atoms with Gasteiger partial charge in [0.25, 0.3) is 0 Å². The number of carbonyl (C=O) groups excluding carboxylic acids is 1. The summed E-state index contributed by atoms with van der Waals surface area (Å²) in [7, 11) is 0. The van der Waals surface area contributed by atoms with Gasteiger partial charge in [-0.25, -0.2) is 0 Å². The smallest absolute Gasteiger partial charge is 0.206 e. The second kappa shape index (κ2) is 3.34. The van der Waals surface area contributed by atoms with Crippen LogP contribution in [-0.2, 0) is 4.79 Å². The van der Waals surface area contributed by atoms with Gasteiger partial charge in [-0.05, 0) is 28.9 Å². The summed E-state index contributed by atoms with van der Waals surface area (Å²) in [5, 5.41) is 0.417. The van der Waals surface area contributed by atoms with Crippen LogP contribution < -0.4 is 0 Å². The van der Waals surface area contributed by atoms with Crippen LogP contribution >= 0.6 is 23.2 Å². The van der Waals surface area contributed by atoms with E-state index in [4.69, 9.17) is 23.2 Å². The lowest BCUT2D eigenvalue weighted by molar-refractivity contribution is -0.111. The molecule has 3 heteroatoms. The molecule has 0 heterocycles. The summed E-state index contributed by atoms with van der Waals surface area (Å²) in [4.78, 5) is 11.9. The third kappa shape index (κ3) is 1.22. The van der Waals surface area contributed by atoms with Crippen molar-refractivity contribution in [3.63, 3.8) is 0 Å². The van der Waals surface area contributed by atoms with Crippen molar-refractivity contribution in [3.8, 4) is 0 Å². The van der Waals surface area contributed by atoms with Gasteiger partial charge in [0.1, 0.15) is 5.03 Å². The molecule has 0 aromatic heterocycles. The number of halogens is 2. The third-order valence-electron chi connectivity index (χ3n) is 2.77. The standard InChI is InChI=1S/C13H6Cl2O/c14-11-6-9-8-4-2-1-3-7(8)5-10(9)13(16)12(11)15/h1-6H. The number of allylic oxidation sites excluding steroid dienone is 5. The molecule has 2 aliphatic carbocycles. The molecule has 0 bridgehead atoms. The highest BCUT2D eigenvalue weighted by Crippen LogP contribution is 2.42. The molecule has 1 nitrogen and oxygen atoms in total. The number of fused-ring (bicyclic) bond motifs is 3. The van der Waals surface area contributed by atoms with E-state index < -0.39 is 0 Å². The highest BCUT2D eigenvalue weighted by Gasteiger charge is 2.29. The van der Waals surface area contributed by atoms with Gasteiger partial charge >= 0.3 is 0 Å². The molecule has 0 atom stereocenters. The van der Waals surface area contributed by atoms with Crippen molar-refractivity contribution in [3.05, 3.63) is 57.1 Å². The fourth-order valence-electron chi connectivity index (χ4n) is 2.01. The fraction of sp³-hybridized carbons (Fsp3) is 0. The summed E-state index contributed by atoms with van der Waals surface area (Å²) in [5.41, 5.74) is 3.58. The van der Waals surface area contributed by atoms with Crippen LogP contribution in [0.1, 0.15) is 11.1 Å². The lowest BCUT2D eigenvalue weighted by Gasteiger charge is -2.11. The number of ketones is 1. The first-order chi connectivity index (χ1) is 7.68. The van der Waals surface area contributed by atoms with E-state index in [1.54, 1.807) is 6.08 Å². The zero-order valence-corrected chi connectivity index (χ0v) is 9.64. The molecule has 0 spiro atoms. The van der Waals surface area contributed by atoms with E-state index in [0.717, 1.165) is 16.7 Å². The Labute approximate surface area is 103 Å². The average molecular weight is 249 g/mol. The Balaban J connectivity index is 2.28. The van der Waals surface area contributed by atoms with Crippen LogP contribution in [0.25, 0.3) is 11.6 Å². The average Bonchev–Trinajstić information content (AvgIpc) is 2.65. The van der Waals surface area contributed by atoms with Gasteiger partial charge in [-0.3, -0.25) is 4.79 Å². The Morgan fingerprint density at radius 1 is 0.938 bits per heavy atom. The summed E-state index contributed by atoms with van der Waals surface area (Å²) < 4.78 is 0. The summed E-state index contributed by atoms with van der Waals surface area (Å²) in [6.07, 6.45) is 3.61. The van der Waals surface area contributed by atoms with Gasteiger partial charge in [-0.2, -0.15) is 0 Å². The summed E-state index contributed by atoms with van der Waals surface area (Å²) in [6, 6.07) is 7.82. The summed E-state index contributed by atoms with van der Waals surface area (Å²) >= 11 is 11.8. The Hall–Kier alpha value is -1.31. The monoisotopic (exact) mass is 248 g/mol. The van der Waals surface area contributed by atoms with Crippen LogP contribution in [0.15, 0.2) is 46.0 Å². The first kappa shape index (κ1) is 9.88. The molecular weight excluding hydrogens is 243 g/mol. The largest absolute Gasteiger partial charge is 0.288 e. The SMILES string of the molecule is O=C1C2=Cc3ccccc3C2=CC(Cl)=C1Cl. The number of benzene rings is 1. The van der Waals surface area contributed by atoms with E-state index in [9.17, 15) is 4.79 Å². The van der Waals surface area contributed by atoms with Gasteiger partial charge in [-0.1, -0.05) is 47.5 Å². The number of carbonyl (C=O) groups is 1. The third-order valence-corrected chi connectivity index (χ3v) is 3.54. The molecule has 0 saturated heterocycles. The lowest BCUT2D eigenvalue weighted by atomic mass is 9.96. The number of hydrogen-bond acceptors (Lipinski definition) is 1. The molecule has 0 aliphatic heterocycles. The Bertz CT molecular complexity index is 606. The Morgan fingerprint density at radius 3 is 2.50 bits per heavy atom. The minimum atomic E-state index is -0.194. The summed E-state index contributed by atoms with van der Waals surface area (Å²) in [6.45, 7) is 0. The molecule has 1 aromatic carbocycles. The maximum Gasteiger partial charge on any atom is 0.206 e. The van der Waals surface area contributed by atoms with Crippen LogP contribution in [-0.4, -0.2) is 5.78 Å². The lowest BCUT2D eigenvalue weighted by Crippen LogP contribution is -2.07. The molecule has 0 N–H and O–H groups in total. The molecule has 0 fully saturated rings. The minimum Gasteiger partial charge on any atom is -0.288 e. The molecule has 16 heavy (non-hydrogen) atoms. The van der Waals surface area contributed by atoms with Gasteiger partial charge in [0.2, 0.25) is 5.78 Å². The van der Waals surface area contributed by atoms with Crippen LogP contribution in [0.2, 0.25) is 0 Å². The van der Waals surface area contributed by atoms with E-state index in [0.29, 0.717) is 10.6 Å². The van der Waals surface area contributed by atoms with Gasteiger partial charge in [-0.15, -0.1) is 0 Å². The second-order valence-electron chi connectivity index (χ2n) is 3.69. The van der Waals surface area contributed by atoms with Crippen LogP contribution in [0.5, 0.6) is 0 Å². The first-order valence-corrected chi connectivity index (χ1v) is 5.57. The van der Waals surface area contributed by atoms with Crippen molar-refractivity contribution in [2.24, 2.45) is 0 Å². The van der Waals surface area contributed by atoms with E-state index in [1.807, 2.05) is 30.3 Å². The van der Waals surface area contributed by atoms with Crippen LogP contribution in [0.3, 0.4) is 0 Å². The van der Waals surface area contributed by atoms with Gasteiger partial charge in [0, 0.05) is 5.57 Å². The molecule has 0 saturated carbocycles. The normalized spacial score (nSPS) is 18.0. The summed E-state index contributed by atoms with van der Waals surface area (Å²) in [5.74, 6) is -0.194. The van der Waals surface area contributed by atoms with Gasteiger partial charge < -0.3 is 0 Å². The molecule has 2 aliphatic rings. The van der Waals surface area contributed by atoms with E-state index in [-0.39, 0.29) is 10.8 Å². The van der Waals surface area contributed by atoms with E-state index >= 15 is 0 Å². The van der Waals surface area contributed by atoms with Gasteiger partial charge in [0.05, 0.1) is 5.03 Å². The van der Waals surface area contributed by atoms with Crippen molar-refractivity contribution in [2.45, 2.75) is 0 Å². The number of rotatable bonds is 0. The quantitative estimate of drug-likeness (QED) is 0.684. The van der Waals surface area contributed by atoms with Crippen LogP contribution in [0, 0.1) is 0 Å². The van der Waals surface area contributed by atoms with Crippen molar-refractivity contribution in [1.29, 1.82) is 0 Å². The van der Waals surface area contributed by atoms with Crippen molar-refractivity contribution < 1.29 is 4.79 Å². The zero-order valence-electron chi connectivity index (χ0n) is 8.13. The predicted octanol–water partition coefficient (Wildman–Crippen LogP) is 3.74. The molecular formula is C13H6Cl2O. The maximum atomic E-state index is 11.9. The molecule has 0 amide bonds.